The predicted molar refractivity (Wildman–Crippen MR) is 76.8 cm³/mol. The molecule has 6 heteroatoms. The third kappa shape index (κ3) is 3.53. The maximum absolute atomic E-state index is 12.1. The Morgan fingerprint density at radius 3 is 2.48 bits per heavy atom. The minimum atomic E-state index is -0.614. The molecule has 0 N–H and O–H groups in total. The molecule has 1 aromatic rings. The molecule has 0 atom stereocenters. The highest BCUT2D eigenvalue weighted by Crippen LogP contribution is 2.19. The van der Waals surface area contributed by atoms with Gasteiger partial charge in [-0.25, -0.2) is 0 Å². The largest absolute Gasteiger partial charge is 0.335 e. The lowest BCUT2D eigenvalue weighted by Crippen LogP contribution is -2.41. The van der Waals surface area contributed by atoms with E-state index >= 15 is 0 Å². The van der Waals surface area contributed by atoms with Crippen molar-refractivity contribution in [3.63, 3.8) is 0 Å². The number of Topliss-reactive ketones (excluding diaryl/α,β-unsaturated/α-hetero) is 1. The van der Waals surface area contributed by atoms with Crippen LogP contribution in [0.1, 0.15) is 18.4 Å². The maximum Gasteiger partial charge on any atom is 0.290 e. The molecular weight excluding hydrogens is 272 g/mol. The Hall–Kier alpha value is -2.50. The summed E-state index contributed by atoms with van der Waals surface area (Å²) in [5.74, 6) is -1.18. The van der Waals surface area contributed by atoms with Crippen molar-refractivity contribution in [2.24, 2.45) is 0 Å². The zero-order valence-electron chi connectivity index (χ0n) is 11.6. The molecule has 1 saturated heterocycles. The number of nitrogens with zero attached hydrogens (tertiary/aromatic N) is 2. The Kier molecular flexibility index (Phi) is 4.47. The summed E-state index contributed by atoms with van der Waals surface area (Å²) < 4.78 is 0. The highest BCUT2D eigenvalue weighted by Gasteiger charge is 2.26. The standard InChI is InChI=1S/C15H16N2O4/c1-11-6-8-16(9-7-11)15(19)14(18)10-12-4-2-3-5-13(12)17(20)21/h2-5H,1,6-10H2. The number of carbonyl (C=O) groups is 2. The average molecular weight is 288 g/mol. The summed E-state index contributed by atoms with van der Waals surface area (Å²) >= 11 is 0. The fourth-order valence-electron chi connectivity index (χ4n) is 2.29. The van der Waals surface area contributed by atoms with E-state index in [1.165, 1.54) is 23.1 Å². The number of carbonyl (C=O) groups excluding carboxylic acids is 2. The van der Waals surface area contributed by atoms with Gasteiger partial charge in [0.2, 0.25) is 5.78 Å². The predicted octanol–water partition coefficient (Wildman–Crippen LogP) is 1.89. The minimum Gasteiger partial charge on any atom is -0.335 e. The summed E-state index contributed by atoms with van der Waals surface area (Å²) in [7, 11) is 0. The quantitative estimate of drug-likeness (QED) is 0.367. The van der Waals surface area contributed by atoms with Gasteiger partial charge in [-0.2, -0.15) is 0 Å². The molecule has 2 rings (SSSR count). The van der Waals surface area contributed by atoms with Crippen LogP contribution in [0.3, 0.4) is 0 Å². The number of likely N-dealkylation sites (tertiary alicyclic amines) is 1. The Morgan fingerprint density at radius 1 is 1.24 bits per heavy atom. The third-order valence-corrected chi connectivity index (χ3v) is 3.54. The molecule has 1 aliphatic heterocycles. The number of amides is 1. The molecule has 1 heterocycles. The molecule has 1 amide bonds. The SMILES string of the molecule is C=C1CCN(C(=O)C(=O)Cc2ccccc2[N+](=O)[O-])CC1. The van der Waals surface area contributed by atoms with Crippen molar-refractivity contribution in [2.75, 3.05) is 13.1 Å². The Bertz CT molecular complexity index is 599. The summed E-state index contributed by atoms with van der Waals surface area (Å²) in [5.41, 5.74) is 1.21. The minimum absolute atomic E-state index is 0.134. The summed E-state index contributed by atoms with van der Waals surface area (Å²) in [6.07, 6.45) is 1.16. The fraction of sp³-hybridized carbons (Fsp3) is 0.333. The first-order valence-electron chi connectivity index (χ1n) is 6.70. The maximum atomic E-state index is 12.1. The Morgan fingerprint density at radius 2 is 1.86 bits per heavy atom. The van der Waals surface area contributed by atoms with Crippen molar-refractivity contribution in [3.8, 4) is 0 Å². The molecule has 0 spiro atoms. The van der Waals surface area contributed by atoms with Gasteiger partial charge in [-0.1, -0.05) is 30.4 Å². The molecule has 0 aliphatic carbocycles. The van der Waals surface area contributed by atoms with Crippen molar-refractivity contribution in [3.05, 3.63) is 52.1 Å². The molecule has 1 fully saturated rings. The van der Waals surface area contributed by atoms with Crippen LogP contribution in [0.2, 0.25) is 0 Å². The van der Waals surface area contributed by atoms with E-state index in [0.717, 1.165) is 5.57 Å². The molecule has 110 valence electrons. The normalized spacial score (nSPS) is 14.9. The van der Waals surface area contributed by atoms with E-state index in [1.54, 1.807) is 6.07 Å². The van der Waals surface area contributed by atoms with Crippen LogP contribution in [-0.4, -0.2) is 34.6 Å². The molecule has 0 radical (unpaired) electrons. The second kappa shape index (κ2) is 6.30. The number of rotatable bonds is 4. The fourth-order valence-corrected chi connectivity index (χ4v) is 2.29. The van der Waals surface area contributed by atoms with Crippen molar-refractivity contribution >= 4 is 17.4 Å². The first kappa shape index (κ1) is 14.9. The molecule has 1 aliphatic rings. The van der Waals surface area contributed by atoms with Gasteiger partial charge in [0, 0.05) is 31.1 Å². The van der Waals surface area contributed by atoms with Crippen molar-refractivity contribution < 1.29 is 14.5 Å². The molecule has 6 nitrogen and oxygen atoms in total. The van der Waals surface area contributed by atoms with Gasteiger partial charge in [0.15, 0.2) is 0 Å². The monoisotopic (exact) mass is 288 g/mol. The lowest BCUT2D eigenvalue weighted by molar-refractivity contribution is -0.385. The first-order valence-corrected chi connectivity index (χ1v) is 6.70. The number of ketones is 1. The highest BCUT2D eigenvalue weighted by molar-refractivity contribution is 6.36. The number of nitro groups is 1. The summed E-state index contributed by atoms with van der Waals surface area (Å²) in [6, 6.07) is 5.98. The molecule has 1 aromatic carbocycles. The van der Waals surface area contributed by atoms with E-state index in [4.69, 9.17) is 0 Å². The smallest absolute Gasteiger partial charge is 0.290 e. The van der Waals surface area contributed by atoms with Gasteiger partial charge >= 0.3 is 0 Å². The van der Waals surface area contributed by atoms with Crippen LogP contribution in [0.15, 0.2) is 36.4 Å². The van der Waals surface area contributed by atoms with Crippen LogP contribution in [0, 0.1) is 10.1 Å². The topological polar surface area (TPSA) is 80.5 Å². The number of piperidine rings is 1. The van der Waals surface area contributed by atoms with Crippen LogP contribution in [-0.2, 0) is 16.0 Å². The van der Waals surface area contributed by atoms with E-state index < -0.39 is 16.6 Å². The van der Waals surface area contributed by atoms with E-state index in [1.807, 2.05) is 0 Å². The van der Waals surface area contributed by atoms with Gasteiger partial charge in [0.1, 0.15) is 0 Å². The summed E-state index contributed by atoms with van der Waals surface area (Å²) in [5, 5.41) is 10.9. The zero-order chi connectivity index (χ0) is 15.4. The van der Waals surface area contributed by atoms with Crippen LogP contribution in [0.5, 0.6) is 0 Å². The van der Waals surface area contributed by atoms with Crippen molar-refractivity contribution in [2.45, 2.75) is 19.3 Å². The molecule has 21 heavy (non-hydrogen) atoms. The van der Waals surface area contributed by atoms with Crippen molar-refractivity contribution in [1.29, 1.82) is 0 Å². The number of para-hydroxylation sites is 1. The van der Waals surface area contributed by atoms with E-state index in [2.05, 4.69) is 6.58 Å². The summed E-state index contributed by atoms with van der Waals surface area (Å²) in [4.78, 5) is 35.9. The molecule has 0 aromatic heterocycles. The summed E-state index contributed by atoms with van der Waals surface area (Å²) in [6.45, 7) is 4.83. The van der Waals surface area contributed by atoms with Crippen LogP contribution >= 0.6 is 0 Å². The van der Waals surface area contributed by atoms with Crippen molar-refractivity contribution in [1.82, 2.24) is 4.90 Å². The lowest BCUT2D eigenvalue weighted by atomic mass is 10.0. The van der Waals surface area contributed by atoms with Gasteiger partial charge in [-0.15, -0.1) is 0 Å². The van der Waals surface area contributed by atoms with E-state index in [-0.39, 0.29) is 17.7 Å². The number of benzene rings is 1. The molecule has 0 saturated carbocycles. The average Bonchev–Trinajstić information content (AvgIpc) is 2.47. The number of hydrogen-bond acceptors (Lipinski definition) is 4. The second-order valence-electron chi connectivity index (χ2n) is 5.03. The van der Waals surface area contributed by atoms with Crippen LogP contribution in [0.25, 0.3) is 0 Å². The highest BCUT2D eigenvalue weighted by atomic mass is 16.6. The van der Waals surface area contributed by atoms with Gasteiger partial charge in [0.25, 0.3) is 11.6 Å². The van der Waals surface area contributed by atoms with Gasteiger partial charge in [0.05, 0.1) is 4.92 Å². The lowest BCUT2D eigenvalue weighted by Gasteiger charge is -2.27. The molecule has 0 unspecified atom stereocenters. The first-order chi connectivity index (χ1) is 9.99. The third-order valence-electron chi connectivity index (χ3n) is 3.54. The van der Waals surface area contributed by atoms with Gasteiger partial charge < -0.3 is 4.90 Å². The van der Waals surface area contributed by atoms with Crippen LogP contribution < -0.4 is 0 Å². The molecular formula is C15H16N2O4. The molecule has 0 bridgehead atoms. The van der Waals surface area contributed by atoms with Gasteiger partial charge in [-0.3, -0.25) is 19.7 Å². The van der Waals surface area contributed by atoms with Crippen LogP contribution in [0.4, 0.5) is 5.69 Å². The number of hydrogen-bond donors (Lipinski definition) is 0. The number of nitro benzene ring substituents is 1. The second-order valence-corrected chi connectivity index (χ2v) is 5.03. The van der Waals surface area contributed by atoms with E-state index in [9.17, 15) is 19.7 Å². The Balaban J connectivity index is 2.06. The zero-order valence-corrected chi connectivity index (χ0v) is 11.6. The van der Waals surface area contributed by atoms with Gasteiger partial charge in [-0.05, 0) is 12.8 Å². The van der Waals surface area contributed by atoms with E-state index in [0.29, 0.717) is 25.9 Å². The Labute approximate surface area is 122 Å².